The van der Waals surface area contributed by atoms with E-state index in [1.54, 1.807) is 12.2 Å². The fraction of sp³-hybridized carbons (Fsp3) is 0.167. The van der Waals surface area contributed by atoms with Gasteiger partial charge in [-0.25, -0.2) is 0 Å². The van der Waals surface area contributed by atoms with Crippen molar-refractivity contribution in [2.45, 2.75) is 9.90 Å². The summed E-state index contributed by atoms with van der Waals surface area (Å²) in [7, 11) is 0. The van der Waals surface area contributed by atoms with Gasteiger partial charge in [-0.15, -0.1) is 0 Å². The fourth-order valence-corrected chi connectivity index (χ4v) is 1.07. The normalized spacial score (nSPS) is 13.2. The van der Waals surface area contributed by atoms with Crippen LogP contribution in [0.5, 0.6) is 0 Å². The van der Waals surface area contributed by atoms with Crippen LogP contribution < -0.4 is 0 Å². The summed E-state index contributed by atoms with van der Waals surface area (Å²) in [6, 6.07) is 9.63. The highest BCUT2D eigenvalue weighted by Gasteiger charge is 2.28. The smallest absolute Gasteiger partial charge is 0.227 e. The molecule has 1 rings (SSSR count). The fourth-order valence-electron chi connectivity index (χ4n) is 0.911. The zero-order valence-corrected chi connectivity index (χ0v) is 10.5. The van der Waals surface area contributed by atoms with E-state index in [0.29, 0.717) is 0 Å². The van der Waals surface area contributed by atoms with Crippen molar-refractivity contribution in [3.8, 4) is 11.8 Å². The predicted molar refractivity (Wildman–Crippen MR) is 69.5 cm³/mol. The number of alkyl halides is 3. The largest absolute Gasteiger partial charge is 0.376 e. The first-order valence-corrected chi connectivity index (χ1v) is 5.61. The minimum atomic E-state index is -1.77. The number of aliphatic hydroxyl groups excluding tert-OH is 1. The van der Waals surface area contributed by atoms with Gasteiger partial charge in [0.05, 0.1) is 0 Å². The lowest BCUT2D eigenvalue weighted by Crippen LogP contribution is -2.22. The average molecular weight is 276 g/mol. The van der Waals surface area contributed by atoms with Crippen LogP contribution in [0.1, 0.15) is 5.56 Å². The average Bonchev–Trinajstić information content (AvgIpc) is 2.24. The first-order valence-electron chi connectivity index (χ1n) is 4.47. The van der Waals surface area contributed by atoms with Crippen molar-refractivity contribution in [2.24, 2.45) is 0 Å². The Morgan fingerprint density at radius 2 is 1.81 bits per heavy atom. The summed E-state index contributed by atoms with van der Waals surface area (Å²) in [5.74, 6) is 5.02. The van der Waals surface area contributed by atoms with E-state index in [4.69, 9.17) is 34.8 Å². The SMILES string of the molecule is O[C@H](C#C/C=C/c1ccccc1)C(Cl)(Cl)Cl. The lowest BCUT2D eigenvalue weighted by atomic mass is 10.2. The van der Waals surface area contributed by atoms with Crippen LogP contribution in [0.25, 0.3) is 6.08 Å². The number of hydrogen-bond donors (Lipinski definition) is 1. The molecule has 0 saturated carbocycles. The number of benzene rings is 1. The monoisotopic (exact) mass is 274 g/mol. The van der Waals surface area contributed by atoms with Gasteiger partial charge in [0.2, 0.25) is 3.79 Å². The number of aliphatic hydroxyl groups is 1. The van der Waals surface area contributed by atoms with E-state index >= 15 is 0 Å². The predicted octanol–water partition coefficient (Wildman–Crippen LogP) is 3.43. The first kappa shape index (κ1) is 13.4. The molecule has 0 aliphatic heterocycles. The Balaban J connectivity index is 2.59. The molecule has 4 heteroatoms. The molecule has 0 radical (unpaired) electrons. The molecule has 0 unspecified atom stereocenters. The lowest BCUT2D eigenvalue weighted by Gasteiger charge is -2.11. The van der Waals surface area contributed by atoms with Crippen LogP contribution in [0, 0.1) is 11.8 Å². The minimum absolute atomic E-state index is 1.01. The Labute approximate surface area is 110 Å². The summed E-state index contributed by atoms with van der Waals surface area (Å²) in [6.45, 7) is 0. The lowest BCUT2D eigenvalue weighted by molar-refractivity contribution is 0.237. The van der Waals surface area contributed by atoms with Crippen LogP contribution >= 0.6 is 34.8 Å². The Bertz CT molecular complexity index is 409. The van der Waals surface area contributed by atoms with E-state index in [2.05, 4.69) is 11.8 Å². The third-order valence-corrected chi connectivity index (χ3v) is 2.31. The zero-order chi connectivity index (χ0) is 12.0. The van der Waals surface area contributed by atoms with Crippen LogP contribution in [0.4, 0.5) is 0 Å². The highest BCUT2D eigenvalue weighted by Crippen LogP contribution is 2.29. The maximum Gasteiger partial charge on any atom is 0.227 e. The second-order valence-electron chi connectivity index (χ2n) is 2.98. The summed E-state index contributed by atoms with van der Waals surface area (Å²) >= 11 is 16.3. The molecule has 1 atom stereocenters. The molecule has 0 fully saturated rings. The van der Waals surface area contributed by atoms with Gasteiger partial charge in [-0.05, 0) is 17.7 Å². The molecular formula is C12H9Cl3O. The molecule has 1 aromatic carbocycles. The standard InChI is InChI=1S/C12H9Cl3O/c13-12(14,15)11(16)9-5-4-8-10-6-2-1-3-7-10/h1-4,6-8,11,16H/b8-4+/t11-/m1/s1. The molecule has 0 amide bonds. The molecule has 0 aromatic heterocycles. The summed E-state index contributed by atoms with van der Waals surface area (Å²) in [5, 5.41) is 9.28. The number of rotatable bonds is 1. The maximum absolute atomic E-state index is 9.28. The summed E-state index contributed by atoms with van der Waals surface area (Å²) in [5.41, 5.74) is 1.01. The molecule has 1 nitrogen and oxygen atoms in total. The van der Waals surface area contributed by atoms with E-state index in [-0.39, 0.29) is 0 Å². The van der Waals surface area contributed by atoms with E-state index in [0.717, 1.165) is 5.56 Å². The van der Waals surface area contributed by atoms with E-state index < -0.39 is 9.90 Å². The summed E-state index contributed by atoms with van der Waals surface area (Å²) in [6.07, 6.45) is 2.10. The van der Waals surface area contributed by atoms with Gasteiger partial charge < -0.3 is 5.11 Å². The Hall–Kier alpha value is -0.650. The molecule has 0 saturated heterocycles. The first-order chi connectivity index (χ1) is 7.50. The second kappa shape index (κ2) is 6.18. The number of allylic oxidation sites excluding steroid dienone is 1. The Morgan fingerprint density at radius 1 is 1.19 bits per heavy atom. The van der Waals surface area contributed by atoms with Crippen molar-refractivity contribution in [3.05, 3.63) is 42.0 Å². The molecule has 16 heavy (non-hydrogen) atoms. The van der Waals surface area contributed by atoms with Gasteiger partial charge in [-0.2, -0.15) is 0 Å². The van der Waals surface area contributed by atoms with Crippen LogP contribution in [-0.2, 0) is 0 Å². The van der Waals surface area contributed by atoms with Crippen molar-refractivity contribution >= 4 is 40.9 Å². The van der Waals surface area contributed by atoms with Crippen LogP contribution in [0.2, 0.25) is 0 Å². The van der Waals surface area contributed by atoms with Crippen molar-refractivity contribution in [1.29, 1.82) is 0 Å². The van der Waals surface area contributed by atoms with Crippen LogP contribution in [0.15, 0.2) is 36.4 Å². The Kier molecular flexibility index (Phi) is 5.18. The van der Waals surface area contributed by atoms with Crippen molar-refractivity contribution < 1.29 is 5.11 Å². The van der Waals surface area contributed by atoms with E-state index in [9.17, 15) is 5.11 Å². The maximum atomic E-state index is 9.28. The van der Waals surface area contributed by atoms with Gasteiger partial charge in [0.15, 0.2) is 6.10 Å². The third-order valence-electron chi connectivity index (χ3n) is 1.69. The molecule has 0 bridgehead atoms. The topological polar surface area (TPSA) is 20.2 Å². The molecule has 0 aliphatic carbocycles. The molecule has 0 spiro atoms. The quantitative estimate of drug-likeness (QED) is 0.615. The van der Waals surface area contributed by atoms with Gasteiger partial charge in [-0.1, -0.05) is 77.0 Å². The van der Waals surface area contributed by atoms with Gasteiger partial charge in [-0.3, -0.25) is 0 Å². The molecule has 0 heterocycles. The molecule has 0 aliphatic rings. The molecule has 1 aromatic rings. The van der Waals surface area contributed by atoms with Gasteiger partial charge in [0.1, 0.15) is 0 Å². The van der Waals surface area contributed by atoms with Gasteiger partial charge in [0.25, 0.3) is 0 Å². The molecule has 84 valence electrons. The summed E-state index contributed by atoms with van der Waals surface area (Å²) < 4.78 is -1.77. The number of halogens is 3. The highest BCUT2D eigenvalue weighted by atomic mass is 35.6. The number of hydrogen-bond acceptors (Lipinski definition) is 1. The zero-order valence-electron chi connectivity index (χ0n) is 8.20. The minimum Gasteiger partial charge on any atom is -0.376 e. The third kappa shape index (κ3) is 4.92. The van der Waals surface area contributed by atoms with Gasteiger partial charge >= 0.3 is 0 Å². The Morgan fingerprint density at radius 3 is 2.38 bits per heavy atom. The van der Waals surface area contributed by atoms with Crippen LogP contribution in [-0.4, -0.2) is 15.0 Å². The molecular weight excluding hydrogens is 266 g/mol. The van der Waals surface area contributed by atoms with Crippen molar-refractivity contribution in [1.82, 2.24) is 0 Å². The highest BCUT2D eigenvalue weighted by molar-refractivity contribution is 6.68. The van der Waals surface area contributed by atoms with Crippen molar-refractivity contribution in [2.75, 3.05) is 0 Å². The van der Waals surface area contributed by atoms with Gasteiger partial charge in [0, 0.05) is 0 Å². The van der Waals surface area contributed by atoms with E-state index in [1.807, 2.05) is 30.3 Å². The van der Waals surface area contributed by atoms with E-state index in [1.165, 1.54) is 0 Å². The van der Waals surface area contributed by atoms with Crippen molar-refractivity contribution in [3.63, 3.8) is 0 Å². The molecule has 1 N–H and O–H groups in total. The van der Waals surface area contributed by atoms with Crippen LogP contribution in [0.3, 0.4) is 0 Å². The summed E-state index contributed by atoms with van der Waals surface area (Å²) in [4.78, 5) is 0. The second-order valence-corrected chi connectivity index (χ2v) is 5.35.